The number of morpholine rings is 1. The van der Waals surface area contributed by atoms with E-state index in [1.165, 1.54) is 26.1 Å². The summed E-state index contributed by atoms with van der Waals surface area (Å²) >= 11 is 5.98. The van der Waals surface area contributed by atoms with Gasteiger partial charge in [-0.1, -0.05) is 11.6 Å². The van der Waals surface area contributed by atoms with Gasteiger partial charge in [0, 0.05) is 31.9 Å². The SMILES string of the molecule is COc1ncc(C(=O)NCC2CN(C3CC3)CCO2)cc1Cl. The number of carbonyl (C=O) groups is 1. The largest absolute Gasteiger partial charge is 0.480 e. The number of methoxy groups -OCH3 is 1. The predicted molar refractivity (Wildman–Crippen MR) is 82.5 cm³/mol. The Kier molecular flexibility index (Phi) is 4.81. The smallest absolute Gasteiger partial charge is 0.252 e. The maximum atomic E-state index is 12.1. The van der Waals surface area contributed by atoms with Crippen molar-refractivity contribution < 1.29 is 14.3 Å². The van der Waals surface area contributed by atoms with Crippen molar-refractivity contribution in [2.24, 2.45) is 0 Å². The Morgan fingerprint density at radius 3 is 3.09 bits per heavy atom. The van der Waals surface area contributed by atoms with Crippen LogP contribution in [0.2, 0.25) is 5.02 Å². The second kappa shape index (κ2) is 6.81. The second-order valence-corrected chi connectivity index (χ2v) is 6.05. The summed E-state index contributed by atoms with van der Waals surface area (Å²) in [6, 6.07) is 2.28. The predicted octanol–water partition coefficient (Wildman–Crippen LogP) is 1.34. The first kappa shape index (κ1) is 15.5. The van der Waals surface area contributed by atoms with Crippen molar-refractivity contribution in [2.75, 3.05) is 33.4 Å². The molecule has 6 nitrogen and oxygen atoms in total. The van der Waals surface area contributed by atoms with Crippen LogP contribution in [-0.2, 0) is 4.74 Å². The fraction of sp³-hybridized carbons (Fsp3) is 0.600. The lowest BCUT2D eigenvalue weighted by atomic mass is 10.2. The minimum absolute atomic E-state index is 0.0416. The van der Waals surface area contributed by atoms with Crippen LogP contribution < -0.4 is 10.1 Å². The Morgan fingerprint density at radius 1 is 1.59 bits per heavy atom. The van der Waals surface area contributed by atoms with Crippen molar-refractivity contribution in [1.82, 2.24) is 15.2 Å². The summed E-state index contributed by atoms with van der Waals surface area (Å²) in [7, 11) is 1.49. The molecule has 1 unspecified atom stereocenters. The third kappa shape index (κ3) is 3.69. The molecule has 2 fully saturated rings. The third-order valence-corrected chi connectivity index (χ3v) is 4.26. The van der Waals surface area contributed by atoms with Gasteiger partial charge in [0.25, 0.3) is 5.91 Å². The second-order valence-electron chi connectivity index (χ2n) is 5.64. The fourth-order valence-electron chi connectivity index (χ4n) is 2.65. The van der Waals surface area contributed by atoms with E-state index in [1.54, 1.807) is 6.07 Å². The van der Waals surface area contributed by atoms with Crippen LogP contribution in [0.1, 0.15) is 23.2 Å². The van der Waals surface area contributed by atoms with E-state index in [-0.39, 0.29) is 12.0 Å². The summed E-state index contributed by atoms with van der Waals surface area (Å²) in [4.78, 5) is 18.6. The minimum atomic E-state index is -0.204. The molecule has 7 heteroatoms. The molecule has 1 saturated carbocycles. The highest BCUT2D eigenvalue weighted by Gasteiger charge is 2.33. The number of rotatable bonds is 5. The molecule has 1 atom stereocenters. The number of hydrogen-bond acceptors (Lipinski definition) is 5. The molecular weight excluding hydrogens is 306 g/mol. The quantitative estimate of drug-likeness (QED) is 0.885. The number of nitrogens with one attached hydrogen (secondary N) is 1. The highest BCUT2D eigenvalue weighted by atomic mass is 35.5. The van der Waals surface area contributed by atoms with Gasteiger partial charge in [0.15, 0.2) is 0 Å². The van der Waals surface area contributed by atoms with Crippen LogP contribution in [0.3, 0.4) is 0 Å². The van der Waals surface area contributed by atoms with E-state index < -0.39 is 0 Å². The molecule has 0 spiro atoms. The molecule has 120 valence electrons. The van der Waals surface area contributed by atoms with Gasteiger partial charge in [-0.15, -0.1) is 0 Å². The summed E-state index contributed by atoms with van der Waals surface area (Å²) in [6.07, 6.45) is 4.07. The lowest BCUT2D eigenvalue weighted by Gasteiger charge is -2.33. The Balaban J connectivity index is 1.52. The van der Waals surface area contributed by atoms with Crippen molar-refractivity contribution in [2.45, 2.75) is 25.0 Å². The van der Waals surface area contributed by atoms with Crippen LogP contribution in [0, 0.1) is 0 Å². The Labute approximate surface area is 134 Å². The van der Waals surface area contributed by atoms with Crippen LogP contribution >= 0.6 is 11.6 Å². The van der Waals surface area contributed by atoms with Crippen LogP contribution in [0.15, 0.2) is 12.3 Å². The summed E-state index contributed by atoms with van der Waals surface area (Å²) in [6.45, 7) is 3.10. The topological polar surface area (TPSA) is 63.7 Å². The molecule has 1 aliphatic carbocycles. The molecule has 1 amide bonds. The van der Waals surface area contributed by atoms with Crippen LogP contribution in [0.25, 0.3) is 0 Å². The van der Waals surface area contributed by atoms with E-state index in [4.69, 9.17) is 21.1 Å². The zero-order valence-electron chi connectivity index (χ0n) is 12.5. The summed E-state index contributed by atoms with van der Waals surface area (Å²) < 4.78 is 10.7. The Hall–Kier alpha value is -1.37. The molecule has 1 saturated heterocycles. The van der Waals surface area contributed by atoms with Crippen molar-refractivity contribution in [1.29, 1.82) is 0 Å². The number of aromatic nitrogens is 1. The van der Waals surface area contributed by atoms with Gasteiger partial charge in [-0.05, 0) is 18.9 Å². The first-order chi connectivity index (χ1) is 10.7. The number of nitrogens with zero attached hydrogens (tertiary/aromatic N) is 2. The molecule has 2 aliphatic rings. The molecule has 1 aromatic heterocycles. The molecule has 1 N–H and O–H groups in total. The van der Waals surface area contributed by atoms with Crippen LogP contribution in [0.4, 0.5) is 0 Å². The van der Waals surface area contributed by atoms with E-state index in [9.17, 15) is 4.79 Å². The molecule has 0 bridgehead atoms. The summed E-state index contributed by atoms with van der Waals surface area (Å²) in [5.41, 5.74) is 0.417. The first-order valence-electron chi connectivity index (χ1n) is 7.50. The zero-order chi connectivity index (χ0) is 15.5. The molecule has 1 aliphatic heterocycles. The molecule has 0 aromatic carbocycles. The normalized spacial score (nSPS) is 22.4. The lowest BCUT2D eigenvalue weighted by Crippen LogP contribution is -2.48. The number of hydrogen-bond donors (Lipinski definition) is 1. The van der Waals surface area contributed by atoms with Crippen molar-refractivity contribution in [3.05, 3.63) is 22.8 Å². The van der Waals surface area contributed by atoms with E-state index >= 15 is 0 Å². The minimum Gasteiger partial charge on any atom is -0.480 e. The standard InChI is InChI=1S/C15H20ClN3O3/c1-21-15-13(16)6-10(7-18-15)14(20)17-8-12-9-19(4-5-22-12)11-2-3-11/h6-7,11-12H,2-5,8-9H2,1H3,(H,17,20). The summed E-state index contributed by atoms with van der Waals surface area (Å²) in [5, 5.41) is 3.21. The van der Waals surface area contributed by atoms with Gasteiger partial charge in [-0.2, -0.15) is 0 Å². The average Bonchev–Trinajstić information content (AvgIpc) is 3.37. The third-order valence-electron chi connectivity index (χ3n) is 3.99. The number of ether oxygens (including phenoxy) is 2. The molecule has 2 heterocycles. The van der Waals surface area contributed by atoms with Gasteiger partial charge >= 0.3 is 0 Å². The molecule has 22 heavy (non-hydrogen) atoms. The monoisotopic (exact) mass is 325 g/mol. The lowest BCUT2D eigenvalue weighted by molar-refractivity contribution is -0.0293. The molecular formula is C15H20ClN3O3. The van der Waals surface area contributed by atoms with Gasteiger partial charge in [-0.25, -0.2) is 4.98 Å². The van der Waals surface area contributed by atoms with E-state index in [2.05, 4.69) is 15.2 Å². The maximum Gasteiger partial charge on any atom is 0.252 e. The number of carbonyl (C=O) groups excluding carboxylic acids is 1. The molecule has 1 aromatic rings. The number of amides is 1. The van der Waals surface area contributed by atoms with Crippen molar-refractivity contribution in [3.8, 4) is 5.88 Å². The van der Waals surface area contributed by atoms with Gasteiger partial charge in [0.05, 0.1) is 25.4 Å². The zero-order valence-corrected chi connectivity index (χ0v) is 13.3. The van der Waals surface area contributed by atoms with Gasteiger partial charge in [-0.3, -0.25) is 9.69 Å². The van der Waals surface area contributed by atoms with E-state index in [1.807, 2.05) is 0 Å². The Morgan fingerprint density at radius 2 is 2.41 bits per heavy atom. The van der Waals surface area contributed by atoms with Crippen LogP contribution in [-0.4, -0.2) is 61.3 Å². The number of pyridine rings is 1. The van der Waals surface area contributed by atoms with E-state index in [0.29, 0.717) is 23.0 Å². The molecule has 0 radical (unpaired) electrons. The Bertz CT molecular complexity index is 551. The number of halogens is 1. The van der Waals surface area contributed by atoms with Crippen molar-refractivity contribution >= 4 is 17.5 Å². The van der Waals surface area contributed by atoms with Gasteiger partial charge in [0.1, 0.15) is 5.02 Å². The summed E-state index contributed by atoms with van der Waals surface area (Å²) in [5.74, 6) is 0.109. The first-order valence-corrected chi connectivity index (χ1v) is 7.88. The van der Waals surface area contributed by atoms with Crippen LogP contribution in [0.5, 0.6) is 5.88 Å². The van der Waals surface area contributed by atoms with Gasteiger partial charge < -0.3 is 14.8 Å². The van der Waals surface area contributed by atoms with Gasteiger partial charge in [0.2, 0.25) is 5.88 Å². The highest BCUT2D eigenvalue weighted by molar-refractivity contribution is 6.32. The average molecular weight is 326 g/mol. The van der Waals surface area contributed by atoms with Crippen molar-refractivity contribution in [3.63, 3.8) is 0 Å². The maximum absolute atomic E-state index is 12.1. The van der Waals surface area contributed by atoms with E-state index in [0.717, 1.165) is 25.7 Å². The molecule has 3 rings (SSSR count). The fourth-order valence-corrected chi connectivity index (χ4v) is 2.89. The highest BCUT2D eigenvalue weighted by Crippen LogP contribution is 2.28.